The molecule has 129 heavy (non-hydrogen) atoms. The van der Waals surface area contributed by atoms with E-state index in [1.54, 1.807) is 34.8 Å². The van der Waals surface area contributed by atoms with Gasteiger partial charge in [0.25, 0.3) is 33.6 Å². The summed E-state index contributed by atoms with van der Waals surface area (Å²) >= 11 is 24.0. The SMILES string of the molecule is CC1(C)c2ccccc2B2c3cc(Cl)ccc3Oc3ccc(Cl)c1c32.CC1(C)c2ccccc2B2c3cc(F)ccc3Oc3ccc(F)c1c32.CC1(C)c2ccccc2B2c3cc4c(cc3Oc3cc5sc6ccccc6c5c1c32)sc1ccccc14.CC1(C)c2ccsc2B2c3ccccc3Oc3cccc1c32.CC1(C)c2ccsc2B2c3ccsc3Oc3scc1c32. The molecule has 0 unspecified atom stereocenters. The molecule has 0 radical (unpaired) electrons. The van der Waals surface area contributed by atoms with Gasteiger partial charge in [0.15, 0.2) is 10.1 Å². The Labute approximate surface area is 783 Å². The summed E-state index contributed by atoms with van der Waals surface area (Å²) in [5, 5.41) is 18.0. The van der Waals surface area contributed by atoms with Gasteiger partial charge < -0.3 is 23.7 Å². The van der Waals surface area contributed by atoms with Crippen molar-refractivity contribution in [2.24, 2.45) is 0 Å². The van der Waals surface area contributed by atoms with Gasteiger partial charge in [-0.1, -0.05) is 260 Å². The molecular weight excluding hydrogens is 1740 g/mol. The zero-order valence-electron chi connectivity index (χ0n) is 72.0. The quantitative estimate of drug-likeness (QED) is 0.142. The second kappa shape index (κ2) is 28.9. The van der Waals surface area contributed by atoms with Gasteiger partial charge in [0.1, 0.15) is 57.6 Å². The van der Waals surface area contributed by atoms with Crippen LogP contribution in [0.1, 0.15) is 125 Å². The molecule has 19 aromatic rings. The number of benzene rings is 13. The van der Waals surface area contributed by atoms with Crippen LogP contribution in [-0.2, 0) is 27.1 Å². The molecule has 6 aromatic heterocycles. The van der Waals surface area contributed by atoms with Crippen molar-refractivity contribution in [3.63, 3.8) is 0 Å². The summed E-state index contributed by atoms with van der Waals surface area (Å²) in [5.41, 5.74) is 27.8. The van der Waals surface area contributed by atoms with E-state index in [0.717, 1.165) is 87.6 Å². The minimum atomic E-state index is -0.489. The Morgan fingerprint density at radius 3 is 1.44 bits per heavy atom. The second-order valence-corrected chi connectivity index (χ2v) is 44.5. The van der Waals surface area contributed by atoms with Gasteiger partial charge in [-0.2, -0.15) is 22.7 Å². The van der Waals surface area contributed by atoms with Crippen molar-refractivity contribution in [3.8, 4) is 56.1 Å². The third-order valence-electron chi connectivity index (χ3n) is 29.3. The van der Waals surface area contributed by atoms with Gasteiger partial charge >= 0.3 is 0 Å². The number of halogens is 4. The average Bonchev–Trinajstić information content (AvgIpc) is 1.67. The normalized spacial score (nSPS) is 15.9. The van der Waals surface area contributed by atoms with Crippen LogP contribution in [0.25, 0.3) is 40.3 Å². The van der Waals surface area contributed by atoms with E-state index in [0.29, 0.717) is 30.5 Å². The zero-order valence-corrected chi connectivity index (χ0v) is 78.4. The van der Waals surface area contributed by atoms with Crippen LogP contribution >= 0.6 is 91.2 Å². The van der Waals surface area contributed by atoms with E-state index in [4.69, 9.17) is 46.9 Å². The second-order valence-electron chi connectivity index (χ2n) is 37.9. The van der Waals surface area contributed by atoms with Crippen LogP contribution in [0.15, 0.2) is 282 Å². The Kier molecular flexibility index (Phi) is 17.9. The highest BCUT2D eigenvalue weighted by Gasteiger charge is 2.53. The molecule has 16 heterocycles. The molecule has 10 aliphatic heterocycles. The van der Waals surface area contributed by atoms with Gasteiger partial charge in [0, 0.05) is 77.5 Å². The fourth-order valence-electron chi connectivity index (χ4n) is 23.5. The maximum Gasteiger partial charge on any atom is 0.266 e. The standard InChI is InChI=1S/C33H21BOS2.C21H15BCl2O.C21H15BF2O.C19H15BOS.C15H11BOS3/c1-33(2)21-11-5-6-12-22(21)34-23-15-20-18-9-3-7-13-26(18)36-28(20)16-24(23)35-25-17-29-30(31(33)32(25)34)19-10-4-8-14-27(19)37-29;2*1-21(2)13-5-3-4-6-14(13)22-15-11-12(23)7-9-17(15)25-18-10-8-16(24)19(21)20(18)22;1-19(2)12-6-5-9-16-17(12)20(18-13(19)10-11-22-18)14-7-3-4-8-15(14)21-16;1-15(2)8-3-5-18-12(8)16-10-4-6-19-13(10)17-14-11(16)9(15)7-20-14/h3-17H,1-2H3;2*3-11H,1-2H3;3-11H,1-2H3;3-7H,1-2H3. The van der Waals surface area contributed by atoms with Crippen LogP contribution in [0.5, 0.6) is 56.1 Å². The van der Waals surface area contributed by atoms with Crippen molar-refractivity contribution in [2.75, 3.05) is 0 Å². The molecule has 622 valence electrons. The molecule has 10 aliphatic rings. The molecule has 0 aliphatic carbocycles. The molecule has 0 N–H and O–H groups in total. The minimum absolute atomic E-state index is 0.0345. The lowest BCUT2D eigenvalue weighted by Crippen LogP contribution is -2.62. The molecule has 0 fully saturated rings. The van der Waals surface area contributed by atoms with Crippen LogP contribution in [-0.4, -0.2) is 33.6 Å². The third kappa shape index (κ3) is 11.6. The van der Waals surface area contributed by atoms with Crippen molar-refractivity contribution in [1.82, 2.24) is 0 Å². The monoisotopic (exact) mass is 1820 g/mol. The van der Waals surface area contributed by atoms with Crippen LogP contribution in [0, 0.1) is 11.6 Å². The Morgan fingerprint density at radius 2 is 0.760 bits per heavy atom. The van der Waals surface area contributed by atoms with Crippen LogP contribution < -0.4 is 104 Å². The van der Waals surface area contributed by atoms with Crippen molar-refractivity contribution in [3.05, 3.63) is 360 Å². The minimum Gasteiger partial charge on any atom is -0.458 e. The average molecular weight is 1820 g/mol. The summed E-state index contributed by atoms with van der Waals surface area (Å²) in [4.78, 5) is 0. The largest absolute Gasteiger partial charge is 0.458 e. The number of ether oxygens (including phenoxy) is 5. The summed E-state index contributed by atoms with van der Waals surface area (Å²) < 4.78 is 68.6. The Morgan fingerprint density at radius 1 is 0.279 bits per heavy atom. The summed E-state index contributed by atoms with van der Waals surface area (Å²) in [6.07, 6.45) is 0. The van der Waals surface area contributed by atoms with E-state index in [2.05, 4.69) is 259 Å². The fraction of sp³-hybridized carbons (Fsp3) is 0.138. The topological polar surface area (TPSA) is 46.2 Å². The van der Waals surface area contributed by atoms with E-state index in [-0.39, 0.29) is 53.4 Å². The van der Waals surface area contributed by atoms with E-state index in [1.165, 1.54) is 156 Å². The van der Waals surface area contributed by atoms with Crippen molar-refractivity contribution in [2.45, 2.75) is 96.3 Å². The van der Waals surface area contributed by atoms with Gasteiger partial charge in [-0.3, -0.25) is 0 Å². The molecule has 0 amide bonds. The molecular formula is C109H77B5Cl2F2O5S6. The summed E-state index contributed by atoms with van der Waals surface area (Å²) in [6.45, 7) is 23.4. The van der Waals surface area contributed by atoms with Gasteiger partial charge in [-0.25, -0.2) is 8.78 Å². The zero-order chi connectivity index (χ0) is 87.5. The van der Waals surface area contributed by atoms with Gasteiger partial charge in [-0.05, 0) is 251 Å². The summed E-state index contributed by atoms with van der Waals surface area (Å²) in [6, 6.07) is 89.7. The molecule has 0 spiro atoms. The smallest absolute Gasteiger partial charge is 0.266 e. The van der Waals surface area contributed by atoms with Gasteiger partial charge in [-0.15, -0.1) is 45.3 Å². The Balaban J connectivity index is 0.0000000889. The molecule has 5 nitrogen and oxygen atoms in total. The Bertz CT molecular complexity index is 7900. The maximum atomic E-state index is 14.9. The predicted octanol–water partition coefficient (Wildman–Crippen LogP) is 21.3. The van der Waals surface area contributed by atoms with Crippen LogP contribution in [0.2, 0.25) is 10.0 Å². The number of fused-ring (bicyclic) bond motifs is 27. The van der Waals surface area contributed by atoms with Gasteiger partial charge in [0.2, 0.25) is 0 Å². The van der Waals surface area contributed by atoms with Crippen molar-refractivity contribution in [1.29, 1.82) is 0 Å². The number of hydrogen-bond acceptors (Lipinski definition) is 11. The molecule has 20 heteroatoms. The number of hydrogen-bond donors (Lipinski definition) is 0. The van der Waals surface area contributed by atoms with Crippen LogP contribution in [0.3, 0.4) is 0 Å². The van der Waals surface area contributed by atoms with E-state index >= 15 is 0 Å². The fourth-order valence-corrected chi connectivity index (χ4v) is 30.7. The third-order valence-corrected chi connectivity index (χ3v) is 35.7. The molecule has 0 saturated carbocycles. The van der Waals surface area contributed by atoms with Crippen LogP contribution in [0.4, 0.5) is 8.78 Å². The summed E-state index contributed by atoms with van der Waals surface area (Å²) in [5.74, 6) is 6.52. The number of thiophene rings is 6. The van der Waals surface area contributed by atoms with E-state index in [1.807, 2.05) is 108 Å². The lowest BCUT2D eigenvalue weighted by molar-refractivity contribution is 0.476. The molecule has 0 atom stereocenters. The maximum absolute atomic E-state index is 14.9. The molecule has 0 saturated heterocycles. The highest BCUT2D eigenvalue weighted by Crippen LogP contribution is 2.52. The van der Waals surface area contributed by atoms with E-state index in [9.17, 15) is 8.78 Å². The van der Waals surface area contributed by atoms with Crippen molar-refractivity contribution >= 4 is 246 Å². The first kappa shape index (κ1) is 80.0. The first-order chi connectivity index (χ1) is 62.4. The first-order valence-electron chi connectivity index (χ1n) is 43.8. The molecule has 13 aromatic carbocycles. The first-order valence-corrected chi connectivity index (χ1v) is 49.8. The lowest BCUT2D eigenvalue weighted by Gasteiger charge is -2.42. The Hall–Kier alpha value is -11.1. The number of rotatable bonds is 0. The predicted molar refractivity (Wildman–Crippen MR) is 548 cm³/mol. The number of para-hydroxylation sites is 1. The van der Waals surface area contributed by atoms with E-state index < -0.39 is 5.41 Å². The van der Waals surface area contributed by atoms with Gasteiger partial charge in [0.05, 0.1) is 0 Å². The molecule has 29 rings (SSSR count). The lowest BCUT2D eigenvalue weighted by atomic mass is 9.30. The highest BCUT2D eigenvalue weighted by atomic mass is 35.5. The molecule has 0 bridgehead atoms. The highest BCUT2D eigenvalue weighted by molar-refractivity contribution is 7.30. The van der Waals surface area contributed by atoms with Crippen molar-refractivity contribution < 1.29 is 32.5 Å². The summed E-state index contributed by atoms with van der Waals surface area (Å²) in [7, 11) is 0.